The van der Waals surface area contributed by atoms with Crippen molar-refractivity contribution in [3.63, 3.8) is 0 Å². The third kappa shape index (κ3) is 3.39. The van der Waals surface area contributed by atoms with Crippen molar-refractivity contribution in [2.24, 2.45) is 0 Å². The van der Waals surface area contributed by atoms with Gasteiger partial charge in [0.05, 0.1) is 24.4 Å². The Morgan fingerprint density at radius 2 is 2.12 bits per heavy atom. The summed E-state index contributed by atoms with van der Waals surface area (Å²) in [5.41, 5.74) is 1.16. The number of benzene rings is 1. The summed E-state index contributed by atoms with van der Waals surface area (Å²) in [6, 6.07) is 2.40. The van der Waals surface area contributed by atoms with Crippen molar-refractivity contribution >= 4 is 5.91 Å². The molecule has 3 unspecified atom stereocenters. The first-order valence-electron chi connectivity index (χ1n) is 8.34. The molecule has 1 aliphatic rings. The van der Waals surface area contributed by atoms with Gasteiger partial charge in [-0.2, -0.15) is 0 Å². The molecule has 8 heteroatoms. The van der Waals surface area contributed by atoms with Crippen LogP contribution in [0.3, 0.4) is 0 Å². The second-order valence-electron chi connectivity index (χ2n) is 6.31. The number of nitrogens with one attached hydrogen (secondary N) is 2. The quantitative estimate of drug-likeness (QED) is 0.888. The third-order valence-corrected chi connectivity index (χ3v) is 4.52. The molecule has 2 N–H and O–H groups in total. The number of carbonyl (C=O) groups is 1. The van der Waals surface area contributed by atoms with Gasteiger partial charge in [-0.3, -0.25) is 10.1 Å². The topological polar surface area (TPSA) is 71.8 Å². The molecule has 1 fully saturated rings. The zero-order chi connectivity index (χ0) is 18.1. The fraction of sp³-hybridized carbons (Fsp3) is 0.471. The number of rotatable bonds is 4. The Labute approximate surface area is 144 Å². The highest BCUT2D eigenvalue weighted by molar-refractivity contribution is 5.77. The lowest BCUT2D eigenvalue weighted by Gasteiger charge is -2.27. The summed E-state index contributed by atoms with van der Waals surface area (Å²) in [6.07, 6.45) is 2.19. The maximum Gasteiger partial charge on any atom is 0.223 e. The largest absolute Gasteiger partial charge is 0.341 e. The molecule has 6 nitrogen and oxygen atoms in total. The maximum atomic E-state index is 14.3. The van der Waals surface area contributed by atoms with Crippen LogP contribution in [0.5, 0.6) is 0 Å². The lowest BCUT2D eigenvalue weighted by molar-refractivity contribution is -0.124. The highest BCUT2D eigenvalue weighted by Gasteiger charge is 2.27. The van der Waals surface area contributed by atoms with Crippen molar-refractivity contribution in [1.82, 2.24) is 25.6 Å². The van der Waals surface area contributed by atoms with Crippen LogP contribution >= 0.6 is 0 Å². The molecule has 0 saturated carbocycles. The first kappa shape index (κ1) is 17.5. The Balaban J connectivity index is 1.85. The number of nitrogens with zero attached hydrogens (tertiary/aromatic N) is 3. The summed E-state index contributed by atoms with van der Waals surface area (Å²) in [5.74, 6) is -1.73. The van der Waals surface area contributed by atoms with Crippen LogP contribution in [0, 0.1) is 11.6 Å². The van der Waals surface area contributed by atoms with Crippen molar-refractivity contribution in [2.75, 3.05) is 0 Å². The van der Waals surface area contributed by atoms with Crippen LogP contribution in [0.25, 0.3) is 0 Å². The number of halogens is 2. The Bertz CT molecular complexity index is 791. The van der Waals surface area contributed by atoms with E-state index in [1.807, 2.05) is 6.92 Å². The van der Waals surface area contributed by atoms with E-state index in [1.54, 1.807) is 32.2 Å². The Hall–Kier alpha value is -2.35. The van der Waals surface area contributed by atoms with E-state index >= 15 is 0 Å². The fourth-order valence-electron chi connectivity index (χ4n) is 3.06. The number of hydrogen-bond acceptors (Lipinski definition) is 4. The van der Waals surface area contributed by atoms with Crippen molar-refractivity contribution in [1.29, 1.82) is 0 Å². The number of carbonyl (C=O) groups excluding carboxylic acids is 1. The summed E-state index contributed by atoms with van der Waals surface area (Å²) in [6.45, 7) is 5.34. The summed E-state index contributed by atoms with van der Waals surface area (Å²) in [4.78, 5) is 11.7. The van der Waals surface area contributed by atoms with Crippen LogP contribution in [0.4, 0.5) is 8.78 Å². The molecule has 3 rings (SSSR count). The van der Waals surface area contributed by atoms with Crippen molar-refractivity contribution in [3.8, 4) is 0 Å². The van der Waals surface area contributed by atoms with Crippen LogP contribution < -0.4 is 10.6 Å². The molecular formula is C17H21F2N5O. The summed E-state index contributed by atoms with van der Waals surface area (Å²) >= 11 is 0. The van der Waals surface area contributed by atoms with Crippen LogP contribution in [-0.2, 0) is 11.2 Å². The minimum absolute atomic E-state index is 0.0675. The number of amides is 1. The zero-order valence-corrected chi connectivity index (χ0v) is 14.4. The molecule has 134 valence electrons. The first-order valence-corrected chi connectivity index (χ1v) is 8.34. The SMILES string of the molecule is CCc1ccc(C(C)n2cc(C3CC(=O)NC(C)N3)nn2)c(F)c1F. The van der Waals surface area contributed by atoms with Gasteiger partial charge in [0, 0.05) is 12.0 Å². The van der Waals surface area contributed by atoms with Crippen LogP contribution in [0.1, 0.15) is 56.1 Å². The van der Waals surface area contributed by atoms with E-state index in [4.69, 9.17) is 0 Å². The third-order valence-electron chi connectivity index (χ3n) is 4.52. The van der Waals surface area contributed by atoms with E-state index in [1.165, 1.54) is 4.68 Å². The van der Waals surface area contributed by atoms with Crippen molar-refractivity contribution in [3.05, 3.63) is 46.8 Å². The molecule has 1 aromatic heterocycles. The average Bonchev–Trinajstić information content (AvgIpc) is 3.06. The van der Waals surface area contributed by atoms with E-state index in [0.29, 0.717) is 17.7 Å². The highest BCUT2D eigenvalue weighted by atomic mass is 19.2. The maximum absolute atomic E-state index is 14.3. The smallest absolute Gasteiger partial charge is 0.223 e. The molecular weight excluding hydrogens is 328 g/mol. The zero-order valence-electron chi connectivity index (χ0n) is 14.4. The Morgan fingerprint density at radius 1 is 1.36 bits per heavy atom. The molecule has 0 aliphatic carbocycles. The van der Waals surface area contributed by atoms with Gasteiger partial charge in [-0.25, -0.2) is 13.5 Å². The van der Waals surface area contributed by atoms with Crippen LogP contribution in [-0.4, -0.2) is 27.1 Å². The van der Waals surface area contributed by atoms with Gasteiger partial charge in [-0.15, -0.1) is 5.10 Å². The van der Waals surface area contributed by atoms with Gasteiger partial charge in [-0.1, -0.05) is 24.3 Å². The number of aryl methyl sites for hydroxylation is 1. The summed E-state index contributed by atoms with van der Waals surface area (Å²) in [5, 5.41) is 14.1. The molecule has 2 aromatic rings. The van der Waals surface area contributed by atoms with Gasteiger partial charge in [0.25, 0.3) is 0 Å². The van der Waals surface area contributed by atoms with Gasteiger partial charge in [-0.05, 0) is 25.8 Å². The molecule has 1 saturated heterocycles. The van der Waals surface area contributed by atoms with E-state index < -0.39 is 17.7 Å². The molecule has 1 aromatic carbocycles. The summed E-state index contributed by atoms with van der Waals surface area (Å²) < 4.78 is 29.9. The van der Waals surface area contributed by atoms with E-state index in [-0.39, 0.29) is 30.1 Å². The number of aromatic nitrogens is 3. The summed E-state index contributed by atoms with van der Waals surface area (Å²) in [7, 11) is 0. The monoisotopic (exact) mass is 349 g/mol. The minimum Gasteiger partial charge on any atom is -0.341 e. The minimum atomic E-state index is -0.854. The predicted octanol–water partition coefficient (Wildman–Crippen LogP) is 2.22. The Morgan fingerprint density at radius 3 is 2.80 bits per heavy atom. The van der Waals surface area contributed by atoms with E-state index in [0.717, 1.165) is 0 Å². The second kappa shape index (κ2) is 6.87. The van der Waals surface area contributed by atoms with Gasteiger partial charge in [0.15, 0.2) is 11.6 Å². The van der Waals surface area contributed by atoms with Crippen molar-refractivity contribution < 1.29 is 13.6 Å². The molecule has 0 spiro atoms. The molecule has 25 heavy (non-hydrogen) atoms. The second-order valence-corrected chi connectivity index (χ2v) is 6.31. The molecule has 1 aliphatic heterocycles. The van der Waals surface area contributed by atoms with Crippen LogP contribution in [0.2, 0.25) is 0 Å². The highest BCUT2D eigenvalue weighted by Crippen LogP contribution is 2.26. The molecule has 0 radical (unpaired) electrons. The van der Waals surface area contributed by atoms with Gasteiger partial charge in [0.2, 0.25) is 5.91 Å². The molecule has 3 atom stereocenters. The van der Waals surface area contributed by atoms with Crippen LogP contribution in [0.15, 0.2) is 18.3 Å². The fourth-order valence-corrected chi connectivity index (χ4v) is 3.06. The molecule has 0 bridgehead atoms. The first-order chi connectivity index (χ1) is 11.9. The average molecular weight is 349 g/mol. The normalized spacial score (nSPS) is 21.9. The Kier molecular flexibility index (Phi) is 4.80. The molecule has 1 amide bonds. The van der Waals surface area contributed by atoms with Gasteiger partial charge >= 0.3 is 0 Å². The molecule has 2 heterocycles. The lowest BCUT2D eigenvalue weighted by Crippen LogP contribution is -2.51. The standard InChI is InChI=1S/C17H21F2N5O/c1-4-11-5-6-12(17(19)16(11)18)9(2)24-8-14(22-23-24)13-7-15(25)21-10(3)20-13/h5-6,8-10,13,20H,4,7H2,1-3H3,(H,21,25). The van der Waals surface area contributed by atoms with Crippen molar-refractivity contribution in [2.45, 2.75) is 51.9 Å². The number of hydrogen-bond donors (Lipinski definition) is 2. The van der Waals surface area contributed by atoms with Gasteiger partial charge < -0.3 is 5.32 Å². The van der Waals surface area contributed by atoms with E-state index in [2.05, 4.69) is 20.9 Å². The van der Waals surface area contributed by atoms with Gasteiger partial charge in [0.1, 0.15) is 5.69 Å². The van der Waals surface area contributed by atoms with E-state index in [9.17, 15) is 13.6 Å². The predicted molar refractivity (Wildman–Crippen MR) is 87.7 cm³/mol. The lowest BCUT2D eigenvalue weighted by atomic mass is 10.0.